The monoisotopic (exact) mass is 273 g/mol. The number of nitrogens with two attached hydrogens (primary N) is 1. The van der Waals surface area contributed by atoms with Gasteiger partial charge in [-0.2, -0.15) is 0 Å². The van der Waals surface area contributed by atoms with Gasteiger partial charge in [0.25, 0.3) is 0 Å². The maximum Gasteiger partial charge on any atom is 0.141 e. The molecule has 0 saturated heterocycles. The van der Waals surface area contributed by atoms with Gasteiger partial charge in [-0.25, -0.2) is 4.39 Å². The zero-order chi connectivity index (χ0) is 11.1. The number of rotatable bonds is 3. The Balaban J connectivity index is 2.50. The Kier molecular flexibility index (Phi) is 2.73. The normalized spacial score (nSPS) is 17.6. The molecule has 1 aromatic rings. The van der Waals surface area contributed by atoms with Gasteiger partial charge in [0.05, 0.1) is 11.6 Å². The molecule has 0 aromatic heterocycles. The Morgan fingerprint density at radius 2 is 2.20 bits per heavy atom. The van der Waals surface area contributed by atoms with Crippen molar-refractivity contribution in [3.63, 3.8) is 0 Å². The maximum atomic E-state index is 13.6. The predicted octanol–water partition coefficient (Wildman–Crippen LogP) is 2.59. The van der Waals surface area contributed by atoms with Crippen LogP contribution in [-0.4, -0.2) is 13.7 Å². The number of hydrogen-bond acceptors (Lipinski definition) is 2. The average molecular weight is 274 g/mol. The first-order valence-electron chi connectivity index (χ1n) is 4.86. The van der Waals surface area contributed by atoms with Crippen LogP contribution in [0.2, 0.25) is 0 Å². The molecule has 2 nitrogen and oxygen atoms in total. The summed E-state index contributed by atoms with van der Waals surface area (Å²) in [6, 6.07) is 3.24. The van der Waals surface area contributed by atoms with E-state index in [0.29, 0.717) is 16.8 Å². The third-order valence-electron chi connectivity index (χ3n) is 3.05. The van der Waals surface area contributed by atoms with Crippen molar-refractivity contribution >= 4 is 15.9 Å². The van der Waals surface area contributed by atoms with Crippen LogP contribution in [0.3, 0.4) is 0 Å². The van der Waals surface area contributed by atoms with Crippen molar-refractivity contribution in [2.45, 2.75) is 18.3 Å². The molecule has 0 atom stereocenters. The van der Waals surface area contributed by atoms with E-state index in [2.05, 4.69) is 15.9 Å². The van der Waals surface area contributed by atoms with Crippen molar-refractivity contribution in [2.24, 2.45) is 5.73 Å². The van der Waals surface area contributed by atoms with Crippen molar-refractivity contribution in [1.29, 1.82) is 0 Å². The van der Waals surface area contributed by atoms with Crippen molar-refractivity contribution < 1.29 is 9.13 Å². The van der Waals surface area contributed by atoms with E-state index in [0.717, 1.165) is 18.4 Å². The first-order chi connectivity index (χ1) is 7.13. The van der Waals surface area contributed by atoms with Gasteiger partial charge in [-0.05, 0) is 40.4 Å². The molecule has 4 heteroatoms. The minimum atomic E-state index is -0.288. The fourth-order valence-electron chi connectivity index (χ4n) is 1.80. The molecule has 1 saturated carbocycles. The highest BCUT2D eigenvalue weighted by atomic mass is 79.9. The van der Waals surface area contributed by atoms with E-state index >= 15 is 0 Å². The lowest BCUT2D eigenvalue weighted by Gasteiger charge is -2.16. The molecule has 0 radical (unpaired) electrons. The predicted molar refractivity (Wildman–Crippen MR) is 60.6 cm³/mol. The SMILES string of the molecule is COc1cc(F)c(Br)c(C2(CN)CC2)c1. The Hall–Kier alpha value is -0.610. The van der Waals surface area contributed by atoms with Crippen LogP contribution in [0.1, 0.15) is 18.4 Å². The summed E-state index contributed by atoms with van der Waals surface area (Å²) in [5, 5.41) is 0. The summed E-state index contributed by atoms with van der Waals surface area (Å²) in [6.07, 6.45) is 2.05. The molecule has 0 bridgehead atoms. The lowest BCUT2D eigenvalue weighted by molar-refractivity contribution is 0.409. The van der Waals surface area contributed by atoms with Gasteiger partial charge >= 0.3 is 0 Å². The Bertz CT molecular complexity index is 390. The lowest BCUT2D eigenvalue weighted by Crippen LogP contribution is -2.20. The molecule has 1 fully saturated rings. The van der Waals surface area contributed by atoms with E-state index in [1.54, 1.807) is 0 Å². The molecule has 0 spiro atoms. The molecule has 1 aliphatic carbocycles. The Morgan fingerprint density at radius 3 is 2.67 bits per heavy atom. The van der Waals surface area contributed by atoms with Crippen LogP contribution < -0.4 is 10.5 Å². The lowest BCUT2D eigenvalue weighted by atomic mass is 9.96. The highest BCUT2D eigenvalue weighted by Gasteiger charge is 2.44. The second kappa shape index (κ2) is 3.76. The second-order valence-electron chi connectivity index (χ2n) is 3.96. The molecular weight excluding hydrogens is 261 g/mol. The molecule has 1 aromatic carbocycles. The van der Waals surface area contributed by atoms with Crippen molar-refractivity contribution in [3.8, 4) is 5.75 Å². The summed E-state index contributed by atoms with van der Waals surface area (Å²) >= 11 is 3.27. The molecule has 2 rings (SSSR count). The quantitative estimate of drug-likeness (QED) is 0.919. The summed E-state index contributed by atoms with van der Waals surface area (Å²) in [6.45, 7) is 0.554. The van der Waals surface area contributed by atoms with E-state index in [-0.39, 0.29) is 11.2 Å². The molecule has 15 heavy (non-hydrogen) atoms. The zero-order valence-corrected chi connectivity index (χ0v) is 10.1. The van der Waals surface area contributed by atoms with E-state index in [1.165, 1.54) is 13.2 Å². The molecule has 0 unspecified atom stereocenters. The summed E-state index contributed by atoms with van der Waals surface area (Å²) < 4.78 is 19.1. The maximum absolute atomic E-state index is 13.6. The standard InChI is InChI=1S/C11H13BrFNO/c1-15-7-4-8(10(12)9(13)5-7)11(6-14)2-3-11/h4-5H,2-3,6,14H2,1H3. The van der Waals surface area contributed by atoms with E-state index in [1.807, 2.05) is 6.07 Å². The Morgan fingerprint density at radius 1 is 1.53 bits per heavy atom. The molecular formula is C11H13BrFNO. The average Bonchev–Trinajstić information content (AvgIpc) is 3.02. The third kappa shape index (κ3) is 1.76. The fourth-order valence-corrected chi connectivity index (χ4v) is 2.45. The topological polar surface area (TPSA) is 35.2 Å². The van der Waals surface area contributed by atoms with Gasteiger partial charge in [0.1, 0.15) is 11.6 Å². The van der Waals surface area contributed by atoms with Gasteiger partial charge in [0, 0.05) is 18.0 Å². The minimum absolute atomic E-state index is 0.0335. The van der Waals surface area contributed by atoms with Crippen LogP contribution in [0.15, 0.2) is 16.6 Å². The Labute approximate surface area is 96.7 Å². The first-order valence-corrected chi connectivity index (χ1v) is 5.66. The van der Waals surface area contributed by atoms with Crippen LogP contribution in [0.4, 0.5) is 4.39 Å². The number of methoxy groups -OCH3 is 1. The molecule has 1 aliphatic rings. The zero-order valence-electron chi connectivity index (χ0n) is 8.52. The highest BCUT2D eigenvalue weighted by molar-refractivity contribution is 9.10. The van der Waals surface area contributed by atoms with Crippen LogP contribution in [0, 0.1) is 5.82 Å². The number of hydrogen-bond donors (Lipinski definition) is 1. The summed E-state index contributed by atoms with van der Waals surface area (Å²) in [5.41, 5.74) is 6.63. The van der Waals surface area contributed by atoms with Crippen LogP contribution in [0.25, 0.3) is 0 Å². The third-order valence-corrected chi connectivity index (χ3v) is 3.86. The van der Waals surface area contributed by atoms with Gasteiger partial charge in [0.15, 0.2) is 0 Å². The van der Waals surface area contributed by atoms with Gasteiger partial charge in [-0.1, -0.05) is 0 Å². The minimum Gasteiger partial charge on any atom is -0.497 e. The summed E-state index contributed by atoms with van der Waals surface area (Å²) in [5.74, 6) is 0.259. The van der Waals surface area contributed by atoms with Crippen LogP contribution in [0.5, 0.6) is 5.75 Å². The fraction of sp³-hybridized carbons (Fsp3) is 0.455. The molecule has 0 amide bonds. The second-order valence-corrected chi connectivity index (χ2v) is 4.75. The number of halogens is 2. The largest absolute Gasteiger partial charge is 0.497 e. The molecule has 2 N–H and O–H groups in total. The van der Waals surface area contributed by atoms with Gasteiger partial charge < -0.3 is 10.5 Å². The summed E-state index contributed by atoms with van der Waals surface area (Å²) in [4.78, 5) is 0. The number of benzene rings is 1. The van der Waals surface area contributed by atoms with E-state index < -0.39 is 0 Å². The smallest absolute Gasteiger partial charge is 0.141 e. The van der Waals surface area contributed by atoms with Crippen molar-refractivity contribution in [2.75, 3.05) is 13.7 Å². The van der Waals surface area contributed by atoms with Crippen molar-refractivity contribution in [1.82, 2.24) is 0 Å². The summed E-state index contributed by atoms with van der Waals surface area (Å²) in [7, 11) is 1.54. The molecule has 82 valence electrons. The highest BCUT2D eigenvalue weighted by Crippen LogP contribution is 2.50. The van der Waals surface area contributed by atoms with Crippen LogP contribution >= 0.6 is 15.9 Å². The van der Waals surface area contributed by atoms with E-state index in [4.69, 9.17) is 10.5 Å². The van der Waals surface area contributed by atoms with Gasteiger partial charge in [-0.3, -0.25) is 0 Å². The molecule has 0 aliphatic heterocycles. The van der Waals surface area contributed by atoms with Crippen LogP contribution in [-0.2, 0) is 5.41 Å². The van der Waals surface area contributed by atoms with Gasteiger partial charge in [0.2, 0.25) is 0 Å². The first kappa shape index (κ1) is 10.9. The van der Waals surface area contributed by atoms with Crippen molar-refractivity contribution in [3.05, 3.63) is 28.0 Å². The van der Waals surface area contributed by atoms with E-state index in [9.17, 15) is 4.39 Å². The molecule has 0 heterocycles. The van der Waals surface area contributed by atoms with Gasteiger partial charge in [-0.15, -0.1) is 0 Å². The number of ether oxygens (including phenoxy) is 1.